The molecular weight excluding hydrogens is 893 g/mol. The topological polar surface area (TPSA) is 145 Å². The highest BCUT2D eigenvalue weighted by Gasteiger charge is 2.66. The van der Waals surface area contributed by atoms with Gasteiger partial charge in [0, 0.05) is 77.6 Å². The monoisotopic (exact) mass is 947 g/mol. The van der Waals surface area contributed by atoms with Crippen LogP contribution in [-0.2, 0) is 35.9 Å². The molecule has 0 radical (unpaired) electrons. The minimum atomic E-state index is -1.32. The van der Waals surface area contributed by atoms with Crippen LogP contribution >= 0.6 is 23.2 Å². The van der Waals surface area contributed by atoms with Crippen LogP contribution in [0.25, 0.3) is 0 Å². The first-order chi connectivity index (χ1) is 31.9. The second kappa shape index (κ2) is 16.8. The normalized spacial score (nSPS) is 30.2. The van der Waals surface area contributed by atoms with Gasteiger partial charge in [0.05, 0.1) is 11.1 Å². The average molecular weight is 949 g/mol. The number of carbonyl (C=O) groups is 6. The van der Waals surface area contributed by atoms with E-state index in [2.05, 4.69) is 48.6 Å². The fraction of sp³-hybridized carbons (Fsp3) is 0.509. The van der Waals surface area contributed by atoms with Gasteiger partial charge in [0.2, 0.25) is 23.6 Å². The number of ketones is 1. The highest BCUT2D eigenvalue weighted by molar-refractivity contribution is 6.31. The molecule has 3 saturated heterocycles. The van der Waals surface area contributed by atoms with Crippen LogP contribution in [0.5, 0.6) is 0 Å². The summed E-state index contributed by atoms with van der Waals surface area (Å²) in [5.41, 5.74) is 1.21. The molecule has 5 heterocycles. The van der Waals surface area contributed by atoms with Crippen molar-refractivity contribution < 1.29 is 33.2 Å². The predicted molar refractivity (Wildman–Crippen MR) is 252 cm³/mol. The van der Waals surface area contributed by atoms with Crippen LogP contribution in [0.2, 0.25) is 10.0 Å². The standard InChI is InChI=1S/C53H56Cl2FN5O6/c1-50(2,3)28-41-53(36-13-12-32(54)26-38(36)57-48(53)66)43(34-8-5-9-37(55)44(34)56)45(58-41)40(62)27-51-18-21-52(22-19-51,23-20-51)49(67)60-24-16-30(17-25-60)10-11-31-6-4-7-33-35(31)29-61(47(33)65)39-14-15-42(63)59-46(39)64/h4-9,12-13,26,30,39,41,43,45,58H,14-25,27-29H2,1-3H3,(H,57,66)(H,59,63,64)/t39?,41-,43-,45-,51?,52?,53+/m0/s1. The van der Waals surface area contributed by atoms with Crippen LogP contribution < -0.4 is 16.0 Å². The van der Waals surface area contributed by atoms with E-state index in [1.54, 1.807) is 35.2 Å². The lowest BCUT2D eigenvalue weighted by Crippen LogP contribution is -2.54. The van der Waals surface area contributed by atoms with Crippen LogP contribution in [-0.4, -0.2) is 76.3 Å². The molecule has 5 aliphatic heterocycles. The van der Waals surface area contributed by atoms with Gasteiger partial charge in [-0.05, 0) is 122 Å². The van der Waals surface area contributed by atoms with Crippen molar-refractivity contribution in [1.82, 2.24) is 20.4 Å². The van der Waals surface area contributed by atoms with E-state index < -0.39 is 46.6 Å². The number of rotatable bonds is 7. The van der Waals surface area contributed by atoms with Gasteiger partial charge in [-0.15, -0.1) is 0 Å². The highest BCUT2D eigenvalue weighted by atomic mass is 35.5. The molecule has 1 spiro atoms. The van der Waals surface area contributed by atoms with Crippen molar-refractivity contribution in [3.63, 3.8) is 0 Å². The molecule has 6 fully saturated rings. The van der Waals surface area contributed by atoms with Crippen LogP contribution in [0, 0.1) is 39.8 Å². The van der Waals surface area contributed by atoms with Crippen molar-refractivity contribution in [2.75, 3.05) is 18.4 Å². The van der Waals surface area contributed by atoms with Gasteiger partial charge in [-0.1, -0.05) is 80.1 Å². The zero-order valence-electron chi connectivity index (χ0n) is 38.2. The number of nitrogens with zero attached hydrogens (tertiary/aromatic N) is 2. The summed E-state index contributed by atoms with van der Waals surface area (Å²) in [5, 5.41) is 9.47. The number of Topliss-reactive ketones (excluding diaryl/α,β-unsaturated/α-hetero) is 1. The molecule has 0 aromatic heterocycles. The Balaban J connectivity index is 0.817. The van der Waals surface area contributed by atoms with E-state index in [1.165, 1.54) is 6.07 Å². The maximum atomic E-state index is 16.4. The largest absolute Gasteiger partial charge is 0.342 e. The Bertz CT molecular complexity index is 2670. The number of halogens is 3. The van der Waals surface area contributed by atoms with Gasteiger partial charge in [-0.3, -0.25) is 34.1 Å². The number of imide groups is 1. The summed E-state index contributed by atoms with van der Waals surface area (Å²) in [4.78, 5) is 85.4. The number of benzene rings is 3. The van der Waals surface area contributed by atoms with Gasteiger partial charge >= 0.3 is 0 Å². The Hall–Kier alpha value is -5.09. The number of piperidine rings is 2. The Morgan fingerprint density at radius 2 is 1.61 bits per heavy atom. The number of likely N-dealkylation sites (tertiary alicyclic amines) is 1. The summed E-state index contributed by atoms with van der Waals surface area (Å²) in [6, 6.07) is 13.5. The third kappa shape index (κ3) is 7.77. The third-order valence-electron chi connectivity index (χ3n) is 16.5. The molecule has 8 aliphatic rings. The van der Waals surface area contributed by atoms with E-state index >= 15 is 9.18 Å². The van der Waals surface area contributed by atoms with Crippen LogP contribution in [0.4, 0.5) is 10.1 Å². The van der Waals surface area contributed by atoms with Crippen LogP contribution in [0.3, 0.4) is 0 Å². The number of nitrogens with one attached hydrogen (secondary N) is 3. The molecule has 11 nitrogen and oxygen atoms in total. The first kappa shape index (κ1) is 45.7. The predicted octanol–water partition coefficient (Wildman–Crippen LogP) is 8.23. The Kier molecular flexibility index (Phi) is 11.5. The summed E-state index contributed by atoms with van der Waals surface area (Å²) in [6.07, 6.45) is 7.06. The molecule has 350 valence electrons. The molecule has 5 atom stereocenters. The van der Waals surface area contributed by atoms with Crippen molar-refractivity contribution >= 4 is 64.2 Å². The summed E-state index contributed by atoms with van der Waals surface area (Å²) >= 11 is 12.9. The lowest BCUT2D eigenvalue weighted by molar-refractivity contribution is -0.154. The van der Waals surface area contributed by atoms with Crippen molar-refractivity contribution in [3.05, 3.63) is 98.3 Å². The van der Waals surface area contributed by atoms with E-state index in [0.29, 0.717) is 67.0 Å². The first-order valence-corrected chi connectivity index (χ1v) is 24.6. The number of hydrogen-bond acceptors (Lipinski definition) is 7. The van der Waals surface area contributed by atoms with Gasteiger partial charge in [-0.2, -0.15) is 0 Å². The number of hydrogen-bond donors (Lipinski definition) is 3. The number of anilines is 1. The van der Waals surface area contributed by atoms with Gasteiger partial charge < -0.3 is 20.4 Å². The van der Waals surface area contributed by atoms with Gasteiger partial charge in [0.1, 0.15) is 17.3 Å². The fourth-order valence-electron chi connectivity index (χ4n) is 13.0. The number of amides is 5. The third-order valence-corrected chi connectivity index (χ3v) is 17.0. The van der Waals surface area contributed by atoms with Crippen molar-refractivity contribution in [2.24, 2.45) is 22.2 Å². The lowest BCUT2D eigenvalue weighted by Gasteiger charge is -2.54. The fourth-order valence-corrected chi connectivity index (χ4v) is 13.3. The zero-order valence-corrected chi connectivity index (χ0v) is 39.7. The molecule has 67 heavy (non-hydrogen) atoms. The Morgan fingerprint density at radius 1 is 0.896 bits per heavy atom. The second-order valence-electron chi connectivity index (χ2n) is 21.6. The quantitative estimate of drug-likeness (QED) is 0.160. The van der Waals surface area contributed by atoms with Gasteiger partial charge in [0.25, 0.3) is 5.91 Å². The van der Waals surface area contributed by atoms with E-state index in [9.17, 15) is 24.0 Å². The molecule has 1 unspecified atom stereocenters. The number of carbonyl (C=O) groups excluding carboxylic acids is 6. The van der Waals surface area contributed by atoms with Crippen LogP contribution in [0.15, 0.2) is 54.6 Å². The van der Waals surface area contributed by atoms with Crippen molar-refractivity contribution in [3.8, 4) is 11.8 Å². The molecule has 3 aromatic rings. The molecular formula is C53H56Cl2FN5O6. The van der Waals surface area contributed by atoms with Crippen LogP contribution in [0.1, 0.15) is 136 Å². The maximum Gasteiger partial charge on any atom is 0.255 e. The minimum absolute atomic E-state index is 0.0574. The van der Waals surface area contributed by atoms with E-state index in [-0.39, 0.29) is 76.1 Å². The van der Waals surface area contributed by atoms with E-state index in [4.69, 9.17) is 23.2 Å². The van der Waals surface area contributed by atoms with Gasteiger partial charge in [0.15, 0.2) is 5.78 Å². The summed E-state index contributed by atoms with van der Waals surface area (Å²) in [7, 11) is 0. The molecule has 14 heteroatoms. The molecule has 3 aromatic carbocycles. The summed E-state index contributed by atoms with van der Waals surface area (Å²) < 4.78 is 16.4. The maximum absolute atomic E-state index is 16.4. The highest BCUT2D eigenvalue weighted by Crippen LogP contribution is 2.61. The van der Waals surface area contributed by atoms with E-state index in [1.807, 2.05) is 23.1 Å². The number of fused-ring (bicyclic) bond motifs is 6. The summed E-state index contributed by atoms with van der Waals surface area (Å²) in [6.45, 7) is 7.76. The van der Waals surface area contributed by atoms with Crippen molar-refractivity contribution in [2.45, 2.75) is 134 Å². The summed E-state index contributed by atoms with van der Waals surface area (Å²) in [5.74, 6) is 4.16. The molecule has 3 N–H and O–H groups in total. The molecule has 3 aliphatic carbocycles. The zero-order chi connectivity index (χ0) is 47.2. The van der Waals surface area contributed by atoms with E-state index in [0.717, 1.165) is 43.2 Å². The molecule has 3 saturated carbocycles. The Morgan fingerprint density at radius 3 is 2.31 bits per heavy atom. The average Bonchev–Trinajstić information content (AvgIpc) is 3.91. The molecule has 2 bridgehead atoms. The Labute approximate surface area is 400 Å². The van der Waals surface area contributed by atoms with Crippen molar-refractivity contribution in [1.29, 1.82) is 0 Å². The SMILES string of the molecule is CC(C)(C)C[C@@H]1N[C@@H](C(=O)CC23CCC(C(=O)N4CCC(C#Cc5cccc6c5CN(C5CCC(=O)NC5=O)C6=O)CC4)(CC2)CC3)[C@H](c2cccc(Cl)c2F)[C@]12C(=O)Nc1cc(Cl)ccc12. The minimum Gasteiger partial charge on any atom is -0.342 e. The van der Waals surface area contributed by atoms with Gasteiger partial charge in [-0.25, -0.2) is 4.39 Å². The smallest absolute Gasteiger partial charge is 0.255 e. The second-order valence-corrected chi connectivity index (χ2v) is 22.4. The first-order valence-electron chi connectivity index (χ1n) is 23.8. The molecule has 11 rings (SSSR count). The molecule has 5 amide bonds. The lowest BCUT2D eigenvalue weighted by atomic mass is 9.51.